The predicted molar refractivity (Wildman–Crippen MR) is 533 cm³/mol. The minimum absolute atomic E-state index is 0.209. The van der Waals surface area contributed by atoms with Crippen molar-refractivity contribution in [3.05, 3.63) is 89.5 Å². The summed E-state index contributed by atoms with van der Waals surface area (Å²) >= 11 is 0. The highest BCUT2D eigenvalue weighted by molar-refractivity contribution is 5.88. The molecule has 146 heavy (non-hydrogen) atoms. The Hall–Kier alpha value is -11.9. The number of carboxylic acids is 3. The molecule has 0 saturated heterocycles. The third-order valence-electron chi connectivity index (χ3n) is 24.1. The summed E-state index contributed by atoms with van der Waals surface area (Å²) in [6.45, 7) is 23.9. The van der Waals surface area contributed by atoms with Gasteiger partial charge in [0.05, 0.1) is 0 Å². The minimum Gasteiger partial charge on any atom is -0.478 e. The van der Waals surface area contributed by atoms with Gasteiger partial charge in [0.2, 0.25) is 36.6 Å². The Balaban J connectivity index is 2.74. The average Bonchev–Trinajstić information content (AvgIpc) is 0.715. The first kappa shape index (κ1) is 128. The van der Waals surface area contributed by atoms with E-state index in [0.717, 1.165) is 0 Å². The predicted octanol–water partition coefficient (Wildman–Crippen LogP) is 19.9. The zero-order valence-electron chi connectivity index (χ0n) is 88.1. The van der Waals surface area contributed by atoms with Crippen molar-refractivity contribution in [3.8, 4) is 17.2 Å². The maximum Gasteiger partial charge on any atom is 0.356 e. The first-order valence-electron chi connectivity index (χ1n) is 53.0. The van der Waals surface area contributed by atoms with Crippen molar-refractivity contribution < 1.29 is 173 Å². The van der Waals surface area contributed by atoms with Gasteiger partial charge in [0, 0.05) is 82.5 Å². The lowest BCUT2D eigenvalue weighted by atomic mass is 9.71. The van der Waals surface area contributed by atoms with Gasteiger partial charge in [-0.05, 0) is 137 Å². The van der Waals surface area contributed by atoms with Crippen molar-refractivity contribution in [2.24, 2.45) is 0 Å². The second kappa shape index (κ2) is 74.1. The molecule has 0 aliphatic rings. The number of rotatable bonds is 81. The molecule has 36 nitrogen and oxygen atoms in total. The van der Waals surface area contributed by atoms with Gasteiger partial charge in [-0.1, -0.05) is 274 Å². The van der Waals surface area contributed by atoms with Crippen LogP contribution in [0, 0.1) is 0 Å². The molecule has 0 spiro atoms. The average molecular weight is 2060 g/mol. The zero-order valence-corrected chi connectivity index (χ0v) is 88.1. The van der Waals surface area contributed by atoms with E-state index in [-0.39, 0.29) is 188 Å². The molecule has 0 radical (unpaired) electrons. The van der Waals surface area contributed by atoms with Gasteiger partial charge >= 0.3 is 107 Å². The van der Waals surface area contributed by atoms with Crippen molar-refractivity contribution in [1.82, 2.24) is 0 Å². The Bertz CT molecular complexity index is 4020. The van der Waals surface area contributed by atoms with Crippen LogP contribution in [0.5, 0.6) is 17.2 Å². The van der Waals surface area contributed by atoms with Crippen LogP contribution in [0.3, 0.4) is 0 Å². The molecule has 3 N–H and O–H groups in total. The van der Waals surface area contributed by atoms with Crippen LogP contribution in [0.25, 0.3) is 0 Å². The van der Waals surface area contributed by atoms with Crippen molar-refractivity contribution in [2.75, 3.05) is 0 Å². The Labute approximate surface area is 859 Å². The van der Waals surface area contributed by atoms with Gasteiger partial charge in [-0.2, -0.15) is 0 Å². The fourth-order valence-electron chi connectivity index (χ4n) is 15.6. The maximum atomic E-state index is 15.5. The first-order valence-corrected chi connectivity index (χ1v) is 53.0. The van der Waals surface area contributed by atoms with Crippen LogP contribution in [0.2, 0.25) is 0 Å². The minimum atomic E-state index is -2.50. The topological polar surface area (TPSA) is 506 Å². The van der Waals surface area contributed by atoms with Crippen LogP contribution in [-0.4, -0.2) is 196 Å². The molecule has 3 rings (SSSR count). The molecular formula is C110H162O36. The molecule has 12 unspecified atom stereocenters. The number of ether oxygens (including phenoxy) is 15. The second-order valence-electron chi connectivity index (χ2n) is 36.7. The summed E-state index contributed by atoms with van der Waals surface area (Å²) in [5.41, 5.74) is -0.805. The highest BCUT2D eigenvalue weighted by Crippen LogP contribution is 2.42. The Kier molecular flexibility index (Phi) is 65.1. The number of hydrogen-bond acceptors (Lipinski definition) is 33. The summed E-state index contributed by atoms with van der Waals surface area (Å²) in [5.74, 6) is -24.0. The van der Waals surface area contributed by atoms with Gasteiger partial charge in [0.15, 0.2) is 36.6 Å². The summed E-state index contributed by atoms with van der Waals surface area (Å²) in [6, 6.07) is 16.4. The van der Waals surface area contributed by atoms with E-state index in [2.05, 4.69) is 0 Å². The Morgan fingerprint density at radius 1 is 0.192 bits per heavy atom. The summed E-state index contributed by atoms with van der Waals surface area (Å²) in [6.07, 6.45) is -17.1. The fourth-order valence-corrected chi connectivity index (χ4v) is 15.6. The van der Waals surface area contributed by atoms with Gasteiger partial charge in [0.1, 0.15) is 17.2 Å². The molecule has 0 heterocycles. The quantitative estimate of drug-likeness (QED) is 0.0155. The molecule has 0 aliphatic heterocycles. The van der Waals surface area contributed by atoms with Crippen molar-refractivity contribution in [3.63, 3.8) is 0 Å². The summed E-state index contributed by atoms with van der Waals surface area (Å²) in [5, 5.41) is 33.1. The van der Waals surface area contributed by atoms with Gasteiger partial charge < -0.3 is 86.4 Å². The zero-order chi connectivity index (χ0) is 108. The highest BCUT2D eigenvalue weighted by atomic mass is 16.7. The maximum absolute atomic E-state index is 15.5. The van der Waals surface area contributed by atoms with Gasteiger partial charge in [-0.25, -0.2) is 28.8 Å². The third-order valence-corrected chi connectivity index (χ3v) is 24.1. The molecule has 0 saturated carbocycles. The highest BCUT2D eigenvalue weighted by Gasteiger charge is 2.55. The van der Waals surface area contributed by atoms with Gasteiger partial charge in [-0.3, -0.25) is 57.5 Å². The van der Waals surface area contributed by atoms with Crippen LogP contribution in [0.1, 0.15) is 415 Å². The van der Waals surface area contributed by atoms with Crippen LogP contribution >= 0.6 is 0 Å². The van der Waals surface area contributed by atoms with E-state index in [1.165, 1.54) is 72.8 Å². The monoisotopic (exact) mass is 2060 g/mol. The number of aliphatic carboxylic acids is 3. The van der Waals surface area contributed by atoms with Gasteiger partial charge in [-0.15, -0.1) is 0 Å². The lowest BCUT2D eigenvalue weighted by Gasteiger charge is -2.34. The summed E-state index contributed by atoms with van der Waals surface area (Å²) < 4.78 is 88.5. The molecule has 0 aromatic heterocycles. The number of benzene rings is 3. The lowest BCUT2D eigenvalue weighted by Crippen LogP contribution is -2.57. The van der Waals surface area contributed by atoms with E-state index in [0.29, 0.717) is 154 Å². The molecule has 0 aliphatic carbocycles. The van der Waals surface area contributed by atoms with Crippen LogP contribution in [0.4, 0.5) is 0 Å². The van der Waals surface area contributed by atoms with Crippen molar-refractivity contribution in [1.29, 1.82) is 0 Å². The molecule has 0 amide bonds. The largest absolute Gasteiger partial charge is 0.478 e. The van der Waals surface area contributed by atoms with E-state index < -0.39 is 186 Å². The van der Waals surface area contributed by atoms with E-state index >= 15 is 14.4 Å². The SMILES string of the molecule is CCCCCC(=O)OC(C(=O)O)C(OC(=O)CCCCC)C(OC(=O)CCCCC)C(OC(=O)CCCCC)C(=O)Oc1ccc(C(C)(c2ccc(OC(=O)C(OC(=O)CCCCC)C(OC(=O)CCCCC)C(OC(=O)CCCCC)C(OC(=O)CCCCC)C(=O)O)cc2)c2ccc(OC(=O)C(OC(=O)CCCCC)C(OC(=O)CCCCC)C(OC(=O)CCCCC)C(OC(=O)CCCCC)C(=O)O)cc2)cc1. The van der Waals surface area contributed by atoms with E-state index in [4.69, 9.17) is 71.1 Å². The molecule has 3 aromatic rings. The van der Waals surface area contributed by atoms with E-state index in [1.54, 1.807) is 6.92 Å². The molecule has 12 atom stereocenters. The summed E-state index contributed by atoms with van der Waals surface area (Å²) in [7, 11) is 0. The molecule has 36 heteroatoms. The van der Waals surface area contributed by atoms with Crippen LogP contribution in [0.15, 0.2) is 72.8 Å². The molecular weight excluding hydrogens is 1900 g/mol. The molecule has 0 fully saturated rings. The Morgan fingerprint density at radius 3 is 0.445 bits per heavy atom. The van der Waals surface area contributed by atoms with Crippen LogP contribution in [-0.2, 0) is 149 Å². The number of esters is 15. The number of unbranched alkanes of at least 4 members (excludes halogenated alkanes) is 24. The second-order valence-corrected chi connectivity index (χ2v) is 36.7. The number of hydrogen-bond donors (Lipinski definition) is 3. The standard InChI is InChI=1S/C110H162O36/c1-14-26-38-50-80(111)135-92(98(104(123)124)141-86(117)56-44-32-20-7)95(138-83(114)53-41-29-17-4)101(144-89(120)59-47-35-23-10)107(129)132-77-68-62-74(63-69-77)110(13,75-64-70-78(71-65-75)133-108(130)102(145-90(121)60-48-36-24-11)96(139-84(115)54-42-30-18-5)93(136-81(112)51-39-27-15-2)99(105(125)126)142-87(118)57-45-33-21-8)76-66-72-79(73-67-76)134-109(131)103(146-91(122)61-49-37-25-12)97(140-85(116)55-43-31-19-6)94(137-82(113)52-40-28-16-3)100(106(127)128)143-88(119)58-46-34-22-9/h62-73,92-103H,14-61H2,1-13H3,(H,123,124)(H,125,126)(H,127,128). The van der Waals surface area contributed by atoms with Crippen molar-refractivity contribution >= 4 is 107 Å². The molecule has 818 valence electrons. The van der Waals surface area contributed by atoms with Crippen LogP contribution < -0.4 is 14.2 Å². The first-order chi connectivity index (χ1) is 70.0. The summed E-state index contributed by atoms with van der Waals surface area (Å²) in [4.78, 5) is 256. The van der Waals surface area contributed by atoms with E-state index in [9.17, 15) is 87.2 Å². The molecule has 0 bridgehead atoms. The number of carboxylic acid groups (broad SMARTS) is 3. The van der Waals surface area contributed by atoms with Crippen molar-refractivity contribution in [2.45, 2.75) is 477 Å². The third kappa shape index (κ3) is 48.6. The lowest BCUT2D eigenvalue weighted by molar-refractivity contribution is -0.208. The number of carbonyl (C=O) groups is 18. The van der Waals surface area contributed by atoms with Gasteiger partial charge in [0.25, 0.3) is 0 Å². The van der Waals surface area contributed by atoms with E-state index in [1.807, 2.05) is 83.1 Å². The molecule has 3 aromatic carbocycles. The normalized spacial score (nSPS) is 14.0. The Morgan fingerprint density at radius 2 is 0.315 bits per heavy atom. The smallest absolute Gasteiger partial charge is 0.356 e. The number of carbonyl (C=O) groups excluding carboxylic acids is 15. The fraction of sp³-hybridized carbons (Fsp3) is 0.673.